The van der Waals surface area contributed by atoms with Crippen molar-refractivity contribution < 1.29 is 19.0 Å². The summed E-state index contributed by atoms with van der Waals surface area (Å²) in [4.78, 5) is 16.0. The molecule has 0 radical (unpaired) electrons. The van der Waals surface area contributed by atoms with Crippen molar-refractivity contribution in [2.45, 2.75) is 88.7 Å². The summed E-state index contributed by atoms with van der Waals surface area (Å²) >= 11 is 0. The molecule has 0 saturated carbocycles. The Kier molecular flexibility index (Phi) is 12.3. The molecule has 0 bridgehead atoms. The molecule has 0 N–H and O–H groups in total. The van der Waals surface area contributed by atoms with Crippen LogP contribution in [-0.2, 0) is 19.0 Å². The highest BCUT2D eigenvalue weighted by atomic mass is 33.1. The van der Waals surface area contributed by atoms with Gasteiger partial charge >= 0.3 is 5.97 Å². The van der Waals surface area contributed by atoms with Crippen LogP contribution >= 0.6 is 21.6 Å². The highest BCUT2D eigenvalue weighted by Gasteiger charge is 2.24. The maximum absolute atomic E-state index is 11.6. The van der Waals surface area contributed by atoms with Gasteiger partial charge in [-0.05, 0) is 76.8 Å². The zero-order chi connectivity index (χ0) is 21.8. The second-order valence-corrected chi connectivity index (χ2v) is 11.0. The summed E-state index contributed by atoms with van der Waals surface area (Å²) in [5, 5.41) is 1.04. The van der Waals surface area contributed by atoms with E-state index in [4.69, 9.17) is 14.2 Å². The van der Waals surface area contributed by atoms with E-state index in [0.29, 0.717) is 13.2 Å². The summed E-state index contributed by atoms with van der Waals surface area (Å²) in [6, 6.07) is 5.99. The van der Waals surface area contributed by atoms with Gasteiger partial charge in [-0.1, -0.05) is 23.8 Å². The minimum Gasteiger partial charge on any atom is -0.460 e. The largest absolute Gasteiger partial charge is 0.460 e. The van der Waals surface area contributed by atoms with Crippen LogP contribution in [0.15, 0.2) is 29.4 Å². The van der Waals surface area contributed by atoms with Crippen LogP contribution in [0.2, 0.25) is 0 Å². The number of hydrogen-bond acceptors (Lipinski definition) is 7. The highest BCUT2D eigenvalue weighted by Crippen LogP contribution is 2.43. The van der Waals surface area contributed by atoms with Gasteiger partial charge in [-0.3, -0.25) is 4.79 Å². The van der Waals surface area contributed by atoms with Gasteiger partial charge in [0.15, 0.2) is 0 Å². The molecule has 2 atom stereocenters. The zero-order valence-electron chi connectivity index (χ0n) is 18.7. The first kappa shape index (κ1) is 26.3. The first-order valence-electron chi connectivity index (χ1n) is 10.3. The second kappa shape index (κ2) is 13.5. The van der Waals surface area contributed by atoms with Gasteiger partial charge in [0.05, 0.1) is 19.1 Å². The highest BCUT2D eigenvalue weighted by molar-refractivity contribution is 8.77. The van der Waals surface area contributed by atoms with Gasteiger partial charge in [0.25, 0.3) is 0 Å². The number of ether oxygens (including phenoxy) is 3. The van der Waals surface area contributed by atoms with Crippen molar-refractivity contribution in [1.29, 1.82) is 0 Å². The van der Waals surface area contributed by atoms with Gasteiger partial charge in [0.2, 0.25) is 0 Å². The molecule has 0 aromatic carbocycles. The molecule has 1 rings (SSSR count). The molecule has 1 aromatic heterocycles. The lowest BCUT2D eigenvalue weighted by Gasteiger charge is -2.27. The molecule has 0 saturated heterocycles. The lowest BCUT2D eigenvalue weighted by Crippen LogP contribution is -2.24. The summed E-state index contributed by atoms with van der Waals surface area (Å²) < 4.78 is 16.9. The van der Waals surface area contributed by atoms with E-state index in [2.05, 4.69) is 25.8 Å². The molecular weight excluding hydrogens is 406 g/mol. The number of carbonyl (C=O) groups excluding carboxylic acids is 1. The van der Waals surface area contributed by atoms with E-state index in [1.54, 1.807) is 10.8 Å². The SMILES string of the molecule is CCC(C)(CCOC(C)CCOCCC(=O)OC(C)(C)C)SSc1ccccn1. The summed E-state index contributed by atoms with van der Waals surface area (Å²) in [5.74, 6) is -0.221. The Hall–Kier alpha value is -0.760. The summed E-state index contributed by atoms with van der Waals surface area (Å²) in [6.45, 7) is 13.8. The first-order valence-corrected chi connectivity index (χ1v) is 12.5. The van der Waals surface area contributed by atoms with Crippen LogP contribution in [0, 0.1) is 0 Å². The molecule has 7 heteroatoms. The van der Waals surface area contributed by atoms with E-state index in [1.807, 2.05) is 56.0 Å². The van der Waals surface area contributed by atoms with Crippen LogP contribution in [-0.4, -0.2) is 47.2 Å². The standard InChI is InChI=1S/C22H37NO4S2/c1-7-22(6,29-28-19-10-8-9-14-23-19)13-17-26-18(2)11-15-25-16-12-20(24)27-21(3,4)5/h8-10,14,18H,7,11-13,15-17H2,1-6H3. The van der Waals surface area contributed by atoms with Crippen molar-refractivity contribution in [3.8, 4) is 0 Å². The number of aromatic nitrogens is 1. The average molecular weight is 444 g/mol. The van der Waals surface area contributed by atoms with Crippen LogP contribution in [0.4, 0.5) is 0 Å². The van der Waals surface area contributed by atoms with Gasteiger partial charge < -0.3 is 14.2 Å². The van der Waals surface area contributed by atoms with Crippen molar-refractivity contribution in [3.05, 3.63) is 24.4 Å². The van der Waals surface area contributed by atoms with E-state index in [0.717, 1.165) is 30.9 Å². The second-order valence-electron chi connectivity index (χ2n) is 8.31. The molecule has 5 nitrogen and oxygen atoms in total. The van der Waals surface area contributed by atoms with Gasteiger partial charge in [-0.2, -0.15) is 0 Å². The number of esters is 1. The van der Waals surface area contributed by atoms with Crippen LogP contribution in [0.3, 0.4) is 0 Å². The van der Waals surface area contributed by atoms with Crippen LogP contribution in [0.1, 0.15) is 67.2 Å². The molecule has 0 aliphatic heterocycles. The van der Waals surface area contributed by atoms with Crippen LogP contribution in [0.5, 0.6) is 0 Å². The lowest BCUT2D eigenvalue weighted by atomic mass is 10.0. The smallest absolute Gasteiger partial charge is 0.308 e. The Morgan fingerprint density at radius 1 is 1.17 bits per heavy atom. The molecule has 0 amide bonds. The normalized spacial score (nSPS) is 15.0. The number of rotatable bonds is 14. The number of nitrogens with zero attached hydrogens (tertiary/aromatic N) is 1. The Labute approximate surface area is 184 Å². The third-order valence-electron chi connectivity index (χ3n) is 4.29. The Morgan fingerprint density at radius 2 is 1.93 bits per heavy atom. The van der Waals surface area contributed by atoms with E-state index in [1.165, 1.54) is 0 Å². The molecule has 0 fully saturated rings. The maximum Gasteiger partial charge on any atom is 0.308 e. The monoisotopic (exact) mass is 443 g/mol. The van der Waals surface area contributed by atoms with Crippen molar-refractivity contribution in [1.82, 2.24) is 4.98 Å². The van der Waals surface area contributed by atoms with E-state index < -0.39 is 5.60 Å². The molecule has 166 valence electrons. The van der Waals surface area contributed by atoms with E-state index in [-0.39, 0.29) is 23.2 Å². The molecule has 0 spiro atoms. The van der Waals surface area contributed by atoms with Gasteiger partial charge in [0.1, 0.15) is 10.6 Å². The van der Waals surface area contributed by atoms with Crippen molar-refractivity contribution in [3.63, 3.8) is 0 Å². The fourth-order valence-electron chi connectivity index (χ4n) is 2.28. The Bertz CT molecular complexity index is 580. The van der Waals surface area contributed by atoms with Gasteiger partial charge in [-0.15, -0.1) is 0 Å². The minimum atomic E-state index is -0.444. The molecule has 0 aliphatic carbocycles. The average Bonchev–Trinajstić information content (AvgIpc) is 2.65. The number of pyridine rings is 1. The van der Waals surface area contributed by atoms with Crippen LogP contribution in [0.25, 0.3) is 0 Å². The predicted molar refractivity (Wildman–Crippen MR) is 122 cm³/mol. The fourth-order valence-corrected chi connectivity index (χ4v) is 4.84. The topological polar surface area (TPSA) is 57.7 Å². The fraction of sp³-hybridized carbons (Fsp3) is 0.727. The number of hydrogen-bond donors (Lipinski definition) is 0. The third-order valence-corrected chi connectivity index (χ3v) is 7.65. The Morgan fingerprint density at radius 3 is 2.55 bits per heavy atom. The zero-order valence-corrected chi connectivity index (χ0v) is 20.4. The summed E-state index contributed by atoms with van der Waals surface area (Å²) in [6.07, 6.45) is 5.11. The molecule has 0 aliphatic rings. The molecular formula is C22H37NO4S2. The number of carbonyl (C=O) groups is 1. The van der Waals surface area contributed by atoms with Crippen LogP contribution < -0.4 is 0 Å². The minimum absolute atomic E-state index is 0.131. The van der Waals surface area contributed by atoms with E-state index >= 15 is 0 Å². The van der Waals surface area contributed by atoms with Crippen molar-refractivity contribution in [2.24, 2.45) is 0 Å². The van der Waals surface area contributed by atoms with Gasteiger partial charge in [0, 0.05) is 24.2 Å². The lowest BCUT2D eigenvalue weighted by molar-refractivity contribution is -0.156. The van der Waals surface area contributed by atoms with E-state index in [9.17, 15) is 4.79 Å². The summed E-state index contributed by atoms with van der Waals surface area (Å²) in [5.41, 5.74) is -0.444. The van der Waals surface area contributed by atoms with Crippen molar-refractivity contribution >= 4 is 27.6 Å². The quantitative estimate of drug-likeness (QED) is 0.201. The Balaban J connectivity index is 2.15. The molecule has 1 aromatic rings. The first-order chi connectivity index (χ1) is 13.6. The van der Waals surface area contributed by atoms with Gasteiger partial charge in [-0.25, -0.2) is 4.98 Å². The molecule has 2 unspecified atom stereocenters. The maximum atomic E-state index is 11.6. The third kappa shape index (κ3) is 13.2. The molecule has 1 heterocycles. The summed E-state index contributed by atoms with van der Waals surface area (Å²) in [7, 11) is 3.59. The predicted octanol–water partition coefficient (Wildman–Crippen LogP) is 5.92. The van der Waals surface area contributed by atoms with Crippen molar-refractivity contribution in [2.75, 3.05) is 19.8 Å². The molecule has 29 heavy (non-hydrogen) atoms.